The van der Waals surface area contributed by atoms with Crippen LogP contribution in [-0.2, 0) is 9.53 Å². The van der Waals surface area contributed by atoms with Crippen LogP contribution in [0.5, 0.6) is 0 Å². The van der Waals surface area contributed by atoms with Gasteiger partial charge < -0.3 is 9.15 Å². The van der Waals surface area contributed by atoms with E-state index in [1.54, 1.807) is 19.9 Å². The van der Waals surface area contributed by atoms with E-state index in [0.29, 0.717) is 17.9 Å². The van der Waals surface area contributed by atoms with Gasteiger partial charge in [0.2, 0.25) is 0 Å². The molecule has 0 aliphatic carbocycles. The minimum Gasteiger partial charge on any atom is -0.463 e. The van der Waals surface area contributed by atoms with Crippen molar-refractivity contribution in [3.8, 4) is 11.3 Å². The lowest BCUT2D eigenvalue weighted by atomic mass is 10.2. The fourth-order valence-corrected chi connectivity index (χ4v) is 1.98. The van der Waals surface area contributed by atoms with Gasteiger partial charge >= 0.3 is 5.97 Å². The first-order valence-corrected chi connectivity index (χ1v) is 7.10. The van der Waals surface area contributed by atoms with Crippen LogP contribution in [0.15, 0.2) is 50.9 Å². The summed E-state index contributed by atoms with van der Waals surface area (Å²) >= 11 is 3.40. The van der Waals surface area contributed by atoms with Crippen LogP contribution in [0.4, 0.5) is 0 Å². The molecule has 0 aliphatic heterocycles. The van der Waals surface area contributed by atoms with Crippen molar-refractivity contribution in [3.05, 3.63) is 52.2 Å². The average molecular weight is 335 g/mol. The van der Waals surface area contributed by atoms with Crippen molar-refractivity contribution in [2.24, 2.45) is 0 Å². The first-order valence-electron chi connectivity index (χ1n) is 6.31. The van der Waals surface area contributed by atoms with Crippen LogP contribution in [0, 0.1) is 0 Å². The van der Waals surface area contributed by atoms with E-state index in [4.69, 9.17) is 9.15 Å². The second kappa shape index (κ2) is 6.57. The van der Waals surface area contributed by atoms with E-state index in [1.807, 2.05) is 36.4 Å². The Morgan fingerprint density at radius 1 is 1.25 bits per heavy atom. The van der Waals surface area contributed by atoms with Gasteiger partial charge in [0, 0.05) is 15.6 Å². The summed E-state index contributed by atoms with van der Waals surface area (Å²) < 4.78 is 11.7. The number of carbonyl (C=O) groups excluding carboxylic acids is 1. The first kappa shape index (κ1) is 14.6. The largest absolute Gasteiger partial charge is 0.463 e. The van der Waals surface area contributed by atoms with Gasteiger partial charge in [-0.1, -0.05) is 28.1 Å². The van der Waals surface area contributed by atoms with Crippen molar-refractivity contribution in [1.82, 2.24) is 0 Å². The van der Waals surface area contributed by atoms with Gasteiger partial charge in [-0.3, -0.25) is 0 Å². The van der Waals surface area contributed by atoms with Crippen molar-refractivity contribution >= 4 is 28.0 Å². The van der Waals surface area contributed by atoms with E-state index in [1.165, 1.54) is 0 Å². The molecule has 0 atom stereocenters. The van der Waals surface area contributed by atoms with E-state index < -0.39 is 0 Å². The molecule has 0 fully saturated rings. The molecule has 0 amide bonds. The number of halogens is 1. The molecule has 0 saturated carbocycles. The summed E-state index contributed by atoms with van der Waals surface area (Å²) in [5.41, 5.74) is 1.50. The van der Waals surface area contributed by atoms with Crippen LogP contribution in [0.3, 0.4) is 0 Å². The zero-order valence-corrected chi connectivity index (χ0v) is 12.9. The Kier molecular flexibility index (Phi) is 4.79. The summed E-state index contributed by atoms with van der Waals surface area (Å²) in [6, 6.07) is 11.6. The van der Waals surface area contributed by atoms with Crippen LogP contribution >= 0.6 is 15.9 Å². The van der Waals surface area contributed by atoms with E-state index in [0.717, 1.165) is 15.8 Å². The molecule has 0 unspecified atom stereocenters. The van der Waals surface area contributed by atoms with Crippen molar-refractivity contribution in [1.29, 1.82) is 0 Å². The zero-order valence-electron chi connectivity index (χ0n) is 11.4. The molecular formula is C16H15BrO3. The highest BCUT2D eigenvalue weighted by Crippen LogP contribution is 2.25. The molecule has 20 heavy (non-hydrogen) atoms. The van der Waals surface area contributed by atoms with Crippen LogP contribution in [-0.4, -0.2) is 12.6 Å². The van der Waals surface area contributed by atoms with Gasteiger partial charge in [-0.05, 0) is 44.2 Å². The standard InChI is InChI=1S/C16H15BrO3/c1-3-19-16(18)11(2)10-14-8-9-15(20-14)12-4-6-13(17)7-5-12/h4-10H,3H2,1-2H3/b11-10+. The van der Waals surface area contributed by atoms with Gasteiger partial charge in [0.15, 0.2) is 0 Å². The fourth-order valence-electron chi connectivity index (χ4n) is 1.72. The third kappa shape index (κ3) is 3.61. The highest BCUT2D eigenvalue weighted by molar-refractivity contribution is 9.10. The Hall–Kier alpha value is -1.81. The Bertz CT molecular complexity index is 623. The number of rotatable bonds is 4. The lowest BCUT2D eigenvalue weighted by Gasteiger charge is -2.00. The van der Waals surface area contributed by atoms with E-state index in [9.17, 15) is 4.79 Å². The summed E-state index contributed by atoms with van der Waals surface area (Å²) in [5, 5.41) is 0. The predicted octanol–water partition coefficient (Wildman–Crippen LogP) is 4.68. The molecule has 3 nitrogen and oxygen atoms in total. The highest BCUT2D eigenvalue weighted by atomic mass is 79.9. The molecule has 0 saturated heterocycles. The molecule has 0 bridgehead atoms. The van der Waals surface area contributed by atoms with Crippen LogP contribution in [0.2, 0.25) is 0 Å². The molecule has 0 radical (unpaired) electrons. The maximum Gasteiger partial charge on any atom is 0.333 e. The smallest absolute Gasteiger partial charge is 0.333 e. The summed E-state index contributed by atoms with van der Waals surface area (Å²) in [5.74, 6) is 1.07. The van der Waals surface area contributed by atoms with Gasteiger partial charge in [-0.2, -0.15) is 0 Å². The molecule has 2 aromatic rings. The minimum atomic E-state index is -0.325. The van der Waals surface area contributed by atoms with Crippen molar-refractivity contribution < 1.29 is 13.9 Å². The lowest BCUT2D eigenvalue weighted by Crippen LogP contribution is -2.04. The molecule has 0 N–H and O–H groups in total. The maximum atomic E-state index is 11.5. The Morgan fingerprint density at radius 2 is 1.95 bits per heavy atom. The topological polar surface area (TPSA) is 39.4 Å². The third-order valence-electron chi connectivity index (χ3n) is 2.71. The normalized spacial score (nSPS) is 11.4. The Balaban J connectivity index is 2.19. The second-order valence-electron chi connectivity index (χ2n) is 4.26. The number of hydrogen-bond donors (Lipinski definition) is 0. The number of carbonyl (C=O) groups is 1. The summed E-state index contributed by atoms with van der Waals surface area (Å²) in [4.78, 5) is 11.5. The Labute approximate surface area is 126 Å². The van der Waals surface area contributed by atoms with Gasteiger partial charge in [0.1, 0.15) is 11.5 Å². The molecule has 2 rings (SSSR count). The number of ether oxygens (including phenoxy) is 1. The summed E-state index contributed by atoms with van der Waals surface area (Å²) in [6.07, 6.45) is 1.68. The lowest BCUT2D eigenvalue weighted by molar-refractivity contribution is -0.138. The van der Waals surface area contributed by atoms with E-state index >= 15 is 0 Å². The molecule has 104 valence electrons. The van der Waals surface area contributed by atoms with E-state index in [2.05, 4.69) is 15.9 Å². The maximum absolute atomic E-state index is 11.5. The fraction of sp³-hybridized carbons (Fsp3) is 0.188. The molecule has 1 aromatic carbocycles. The SMILES string of the molecule is CCOC(=O)/C(C)=C/c1ccc(-c2ccc(Br)cc2)o1. The van der Waals surface area contributed by atoms with Crippen LogP contribution in [0.1, 0.15) is 19.6 Å². The summed E-state index contributed by atoms with van der Waals surface area (Å²) in [7, 11) is 0. The number of hydrogen-bond acceptors (Lipinski definition) is 3. The average Bonchev–Trinajstić information content (AvgIpc) is 2.88. The molecular weight excluding hydrogens is 320 g/mol. The number of esters is 1. The number of furan rings is 1. The van der Waals surface area contributed by atoms with E-state index in [-0.39, 0.29) is 5.97 Å². The Morgan fingerprint density at radius 3 is 2.60 bits per heavy atom. The van der Waals surface area contributed by atoms with Crippen LogP contribution < -0.4 is 0 Å². The molecule has 1 aromatic heterocycles. The van der Waals surface area contributed by atoms with Crippen molar-refractivity contribution in [3.63, 3.8) is 0 Å². The van der Waals surface area contributed by atoms with Gasteiger partial charge in [0.25, 0.3) is 0 Å². The molecule has 4 heteroatoms. The van der Waals surface area contributed by atoms with Gasteiger partial charge in [0.05, 0.1) is 6.61 Å². The van der Waals surface area contributed by atoms with Crippen LogP contribution in [0.25, 0.3) is 17.4 Å². The molecule has 1 heterocycles. The van der Waals surface area contributed by atoms with Gasteiger partial charge in [-0.25, -0.2) is 4.79 Å². The second-order valence-corrected chi connectivity index (χ2v) is 5.17. The minimum absolute atomic E-state index is 0.325. The highest BCUT2D eigenvalue weighted by Gasteiger charge is 2.07. The quantitative estimate of drug-likeness (QED) is 0.602. The first-order chi connectivity index (χ1) is 9.60. The molecule has 0 spiro atoms. The van der Waals surface area contributed by atoms with Crippen molar-refractivity contribution in [2.45, 2.75) is 13.8 Å². The third-order valence-corrected chi connectivity index (χ3v) is 3.24. The van der Waals surface area contributed by atoms with Crippen molar-refractivity contribution in [2.75, 3.05) is 6.61 Å². The number of benzene rings is 1. The van der Waals surface area contributed by atoms with Gasteiger partial charge in [-0.15, -0.1) is 0 Å². The monoisotopic (exact) mass is 334 g/mol. The molecule has 0 aliphatic rings. The predicted molar refractivity (Wildman–Crippen MR) is 82.1 cm³/mol. The zero-order chi connectivity index (χ0) is 14.5. The summed E-state index contributed by atoms with van der Waals surface area (Å²) in [6.45, 7) is 3.86.